The molecule has 6 heteroatoms. The first kappa shape index (κ1) is 16.6. The maximum absolute atomic E-state index is 12.1. The standard InChI is InChI=1S/C17H21N3O3/c1-20(2)16-6-4-5-15(19-16)17(21)18-11-12-23-14-9-7-13(22-3)8-10-14/h4-10H,11-12H2,1-3H3,(H,18,21). The van der Waals surface area contributed by atoms with Crippen LogP contribution in [0, 0.1) is 0 Å². The molecule has 0 saturated heterocycles. The van der Waals surface area contributed by atoms with Crippen molar-refractivity contribution in [3.8, 4) is 11.5 Å². The number of carbonyl (C=O) groups excluding carboxylic acids is 1. The fourth-order valence-electron chi connectivity index (χ4n) is 1.89. The summed E-state index contributed by atoms with van der Waals surface area (Å²) >= 11 is 0. The van der Waals surface area contributed by atoms with Gasteiger partial charge in [0.25, 0.3) is 5.91 Å². The lowest BCUT2D eigenvalue weighted by molar-refractivity contribution is 0.0942. The molecule has 0 unspecified atom stereocenters. The summed E-state index contributed by atoms with van der Waals surface area (Å²) in [5.41, 5.74) is 0.389. The predicted octanol–water partition coefficient (Wildman–Crippen LogP) is 1.96. The number of pyridine rings is 1. The fraction of sp³-hybridized carbons (Fsp3) is 0.294. The number of hydrogen-bond acceptors (Lipinski definition) is 5. The molecule has 1 N–H and O–H groups in total. The largest absolute Gasteiger partial charge is 0.497 e. The van der Waals surface area contributed by atoms with Gasteiger partial charge in [-0.05, 0) is 36.4 Å². The van der Waals surface area contributed by atoms with Crippen molar-refractivity contribution in [2.45, 2.75) is 0 Å². The molecular formula is C17H21N3O3. The SMILES string of the molecule is COc1ccc(OCCNC(=O)c2cccc(N(C)C)n2)cc1. The number of ether oxygens (including phenoxy) is 2. The van der Waals surface area contributed by atoms with Crippen molar-refractivity contribution < 1.29 is 14.3 Å². The van der Waals surface area contributed by atoms with Crippen LogP contribution in [0.2, 0.25) is 0 Å². The van der Waals surface area contributed by atoms with E-state index in [1.54, 1.807) is 13.2 Å². The molecule has 0 bridgehead atoms. The molecule has 0 aliphatic rings. The quantitative estimate of drug-likeness (QED) is 0.791. The topological polar surface area (TPSA) is 63.7 Å². The first-order valence-electron chi connectivity index (χ1n) is 7.29. The molecule has 2 rings (SSSR count). The summed E-state index contributed by atoms with van der Waals surface area (Å²) in [6.45, 7) is 0.782. The number of amides is 1. The zero-order chi connectivity index (χ0) is 16.7. The first-order chi connectivity index (χ1) is 11.1. The van der Waals surface area contributed by atoms with Crippen LogP contribution in [0.25, 0.3) is 0 Å². The Morgan fingerprint density at radius 1 is 1.13 bits per heavy atom. The molecule has 0 spiro atoms. The van der Waals surface area contributed by atoms with Gasteiger partial charge in [-0.1, -0.05) is 6.07 Å². The average Bonchev–Trinajstić information content (AvgIpc) is 2.59. The van der Waals surface area contributed by atoms with E-state index in [0.717, 1.165) is 17.3 Å². The smallest absolute Gasteiger partial charge is 0.270 e. The zero-order valence-corrected chi connectivity index (χ0v) is 13.6. The van der Waals surface area contributed by atoms with E-state index in [4.69, 9.17) is 9.47 Å². The highest BCUT2D eigenvalue weighted by molar-refractivity contribution is 5.92. The Hall–Kier alpha value is -2.76. The van der Waals surface area contributed by atoms with E-state index in [1.807, 2.05) is 55.4 Å². The van der Waals surface area contributed by atoms with Gasteiger partial charge in [0.15, 0.2) is 0 Å². The molecule has 23 heavy (non-hydrogen) atoms. The van der Waals surface area contributed by atoms with Gasteiger partial charge in [-0.15, -0.1) is 0 Å². The van der Waals surface area contributed by atoms with Gasteiger partial charge in [-0.25, -0.2) is 4.98 Å². The summed E-state index contributed by atoms with van der Waals surface area (Å²) in [5, 5.41) is 2.79. The number of nitrogens with zero attached hydrogens (tertiary/aromatic N) is 2. The number of rotatable bonds is 7. The Bertz CT molecular complexity index is 642. The minimum atomic E-state index is -0.216. The van der Waals surface area contributed by atoms with Gasteiger partial charge in [0.2, 0.25) is 0 Å². The minimum Gasteiger partial charge on any atom is -0.497 e. The first-order valence-corrected chi connectivity index (χ1v) is 7.29. The van der Waals surface area contributed by atoms with Crippen LogP contribution < -0.4 is 19.7 Å². The van der Waals surface area contributed by atoms with Crippen molar-refractivity contribution >= 4 is 11.7 Å². The molecule has 122 valence electrons. The van der Waals surface area contributed by atoms with Crippen LogP contribution in [0.4, 0.5) is 5.82 Å². The highest BCUT2D eigenvalue weighted by Gasteiger charge is 2.08. The minimum absolute atomic E-state index is 0.216. The van der Waals surface area contributed by atoms with E-state index < -0.39 is 0 Å². The van der Waals surface area contributed by atoms with Crippen LogP contribution in [-0.4, -0.2) is 45.2 Å². The molecule has 1 aromatic carbocycles. The van der Waals surface area contributed by atoms with E-state index >= 15 is 0 Å². The summed E-state index contributed by atoms with van der Waals surface area (Å²) in [4.78, 5) is 18.2. The zero-order valence-electron chi connectivity index (χ0n) is 13.6. The molecule has 0 atom stereocenters. The van der Waals surface area contributed by atoms with Crippen molar-refractivity contribution in [3.05, 3.63) is 48.2 Å². The second-order valence-corrected chi connectivity index (χ2v) is 5.06. The number of aromatic nitrogens is 1. The van der Waals surface area contributed by atoms with Gasteiger partial charge in [0, 0.05) is 14.1 Å². The van der Waals surface area contributed by atoms with Crippen LogP contribution >= 0.6 is 0 Å². The normalized spacial score (nSPS) is 10.0. The van der Waals surface area contributed by atoms with E-state index in [2.05, 4.69) is 10.3 Å². The molecule has 1 aromatic heterocycles. The number of carbonyl (C=O) groups is 1. The number of anilines is 1. The Morgan fingerprint density at radius 2 is 1.83 bits per heavy atom. The number of nitrogens with one attached hydrogen (secondary N) is 1. The number of hydrogen-bond donors (Lipinski definition) is 1. The summed E-state index contributed by atoms with van der Waals surface area (Å²) in [7, 11) is 5.38. The molecule has 2 aromatic rings. The van der Waals surface area contributed by atoms with Gasteiger partial charge < -0.3 is 19.7 Å². The average molecular weight is 315 g/mol. The van der Waals surface area contributed by atoms with Crippen molar-refractivity contribution in [3.63, 3.8) is 0 Å². The second-order valence-electron chi connectivity index (χ2n) is 5.06. The molecule has 6 nitrogen and oxygen atoms in total. The van der Waals surface area contributed by atoms with Crippen LogP contribution in [0.5, 0.6) is 11.5 Å². The lowest BCUT2D eigenvalue weighted by atomic mass is 10.3. The fourth-order valence-corrected chi connectivity index (χ4v) is 1.89. The van der Waals surface area contributed by atoms with Crippen LogP contribution in [0.1, 0.15) is 10.5 Å². The van der Waals surface area contributed by atoms with Crippen molar-refractivity contribution in [1.82, 2.24) is 10.3 Å². The third-order valence-corrected chi connectivity index (χ3v) is 3.14. The van der Waals surface area contributed by atoms with Crippen LogP contribution in [0.15, 0.2) is 42.5 Å². The summed E-state index contributed by atoms with van der Waals surface area (Å²) in [6, 6.07) is 12.6. The van der Waals surface area contributed by atoms with Gasteiger partial charge in [-0.2, -0.15) is 0 Å². The number of methoxy groups -OCH3 is 1. The number of benzene rings is 1. The highest BCUT2D eigenvalue weighted by Crippen LogP contribution is 2.16. The molecular weight excluding hydrogens is 294 g/mol. The third-order valence-electron chi connectivity index (χ3n) is 3.14. The molecule has 0 saturated carbocycles. The summed E-state index contributed by atoms with van der Waals surface area (Å²) < 4.78 is 10.6. The monoisotopic (exact) mass is 315 g/mol. The Morgan fingerprint density at radius 3 is 2.48 bits per heavy atom. The van der Waals surface area contributed by atoms with Gasteiger partial charge in [0.1, 0.15) is 29.6 Å². The van der Waals surface area contributed by atoms with Crippen molar-refractivity contribution in [2.75, 3.05) is 39.3 Å². The molecule has 0 aliphatic heterocycles. The Balaban J connectivity index is 1.79. The Labute approximate surface area is 136 Å². The Kier molecular flexibility index (Phi) is 5.80. The van der Waals surface area contributed by atoms with Gasteiger partial charge in [-0.3, -0.25) is 4.79 Å². The molecule has 0 fully saturated rings. The maximum atomic E-state index is 12.1. The predicted molar refractivity (Wildman–Crippen MR) is 89.4 cm³/mol. The van der Waals surface area contributed by atoms with Crippen LogP contribution in [0.3, 0.4) is 0 Å². The lowest BCUT2D eigenvalue weighted by Gasteiger charge is -2.12. The van der Waals surface area contributed by atoms with E-state index in [9.17, 15) is 4.79 Å². The molecule has 0 aliphatic carbocycles. The van der Waals surface area contributed by atoms with Gasteiger partial charge in [0.05, 0.1) is 13.7 Å². The molecule has 0 radical (unpaired) electrons. The van der Waals surface area contributed by atoms with E-state index in [1.165, 1.54) is 0 Å². The third kappa shape index (κ3) is 4.88. The second kappa shape index (κ2) is 8.03. The molecule has 1 amide bonds. The molecule has 1 heterocycles. The highest BCUT2D eigenvalue weighted by atomic mass is 16.5. The van der Waals surface area contributed by atoms with Crippen molar-refractivity contribution in [1.29, 1.82) is 0 Å². The lowest BCUT2D eigenvalue weighted by Crippen LogP contribution is -2.29. The van der Waals surface area contributed by atoms with Crippen LogP contribution in [-0.2, 0) is 0 Å². The summed E-state index contributed by atoms with van der Waals surface area (Å²) in [6.07, 6.45) is 0. The van der Waals surface area contributed by atoms with Gasteiger partial charge >= 0.3 is 0 Å². The summed E-state index contributed by atoms with van der Waals surface area (Å²) in [5.74, 6) is 2.03. The van der Waals surface area contributed by atoms with E-state index in [0.29, 0.717) is 18.8 Å². The maximum Gasteiger partial charge on any atom is 0.270 e. The van der Waals surface area contributed by atoms with E-state index in [-0.39, 0.29) is 5.91 Å². The van der Waals surface area contributed by atoms with Crippen molar-refractivity contribution in [2.24, 2.45) is 0 Å².